The van der Waals surface area contributed by atoms with Gasteiger partial charge in [-0.05, 0) is 45.0 Å². The van der Waals surface area contributed by atoms with Gasteiger partial charge >= 0.3 is 5.97 Å². The number of hydrogen-bond donors (Lipinski definition) is 1. The maximum atomic E-state index is 12.1. The molecule has 1 aliphatic rings. The molecule has 4 rings (SSSR count). The lowest BCUT2D eigenvalue weighted by atomic mass is 10.00. The average molecular weight is 408 g/mol. The lowest BCUT2D eigenvalue weighted by Gasteiger charge is -2.38. The number of aromatic carboxylic acids is 1. The number of aryl methyl sites for hydroxylation is 1. The van der Waals surface area contributed by atoms with E-state index in [4.69, 9.17) is 0 Å². The van der Waals surface area contributed by atoms with Crippen LogP contribution in [0.3, 0.4) is 0 Å². The second-order valence-electron chi connectivity index (χ2n) is 8.02. The summed E-state index contributed by atoms with van der Waals surface area (Å²) >= 11 is 0. The van der Waals surface area contributed by atoms with Crippen LogP contribution in [0.1, 0.15) is 47.3 Å². The fraction of sp³-hybridized carbons (Fsp3) is 0.435. The van der Waals surface area contributed by atoms with E-state index in [0.29, 0.717) is 11.4 Å². The van der Waals surface area contributed by atoms with Crippen molar-refractivity contribution in [2.24, 2.45) is 0 Å². The number of carboxylic acid groups (broad SMARTS) is 1. The zero-order chi connectivity index (χ0) is 21.4. The smallest absolute Gasteiger partial charge is 0.336 e. The predicted octanol–water partition coefficient (Wildman–Crippen LogP) is 3.41. The molecule has 0 spiro atoms. The molecule has 0 saturated carbocycles. The molecular weight excluding hydrogens is 378 g/mol. The van der Waals surface area contributed by atoms with E-state index in [1.807, 2.05) is 26.1 Å². The van der Waals surface area contributed by atoms with Crippen molar-refractivity contribution in [3.8, 4) is 11.1 Å². The van der Waals surface area contributed by atoms with Crippen LogP contribution in [0.5, 0.6) is 0 Å². The van der Waals surface area contributed by atoms with Gasteiger partial charge in [-0.25, -0.2) is 14.8 Å². The third-order valence-electron chi connectivity index (χ3n) is 6.37. The molecule has 30 heavy (non-hydrogen) atoms. The first kappa shape index (κ1) is 20.5. The zero-order valence-corrected chi connectivity index (χ0v) is 18.1. The average Bonchev–Trinajstić information content (AvgIpc) is 3.16. The molecule has 1 N–H and O–H groups in total. The summed E-state index contributed by atoms with van der Waals surface area (Å²) in [6, 6.07) is 3.91. The molecule has 0 aromatic carbocycles. The summed E-state index contributed by atoms with van der Waals surface area (Å²) in [4.78, 5) is 25.6. The van der Waals surface area contributed by atoms with Crippen LogP contribution in [-0.2, 0) is 0 Å². The van der Waals surface area contributed by atoms with E-state index in [9.17, 15) is 9.90 Å². The van der Waals surface area contributed by atoms with E-state index < -0.39 is 5.97 Å². The van der Waals surface area contributed by atoms with E-state index >= 15 is 0 Å². The lowest BCUT2D eigenvalue weighted by molar-refractivity contribution is 0.0695. The number of likely N-dealkylation sites (N-methyl/N-ethyl adjacent to an activating group) is 1. The molecule has 0 aliphatic carbocycles. The molecule has 7 heteroatoms. The van der Waals surface area contributed by atoms with Crippen LogP contribution in [0.4, 0.5) is 0 Å². The lowest BCUT2D eigenvalue weighted by Crippen LogP contribution is -2.47. The monoisotopic (exact) mass is 407 g/mol. The number of piperazine rings is 1. The van der Waals surface area contributed by atoms with Gasteiger partial charge < -0.3 is 14.4 Å². The minimum atomic E-state index is -0.897. The first-order valence-electron chi connectivity index (χ1n) is 10.5. The Bertz CT molecular complexity index is 1070. The van der Waals surface area contributed by atoms with Crippen LogP contribution in [-0.4, -0.2) is 68.0 Å². The van der Waals surface area contributed by atoms with Crippen molar-refractivity contribution in [1.82, 2.24) is 24.2 Å². The second kappa shape index (κ2) is 8.16. The van der Waals surface area contributed by atoms with E-state index in [0.717, 1.165) is 60.6 Å². The van der Waals surface area contributed by atoms with E-state index in [2.05, 4.69) is 38.0 Å². The van der Waals surface area contributed by atoms with Crippen molar-refractivity contribution < 1.29 is 9.90 Å². The Labute approximate surface area is 177 Å². The second-order valence-corrected chi connectivity index (χ2v) is 8.02. The first-order valence-corrected chi connectivity index (χ1v) is 10.5. The highest BCUT2D eigenvalue weighted by atomic mass is 16.4. The molecule has 3 aromatic rings. The third kappa shape index (κ3) is 3.59. The molecule has 0 amide bonds. The Kier molecular flexibility index (Phi) is 5.58. The number of carboxylic acids is 1. The van der Waals surface area contributed by atoms with E-state index in [-0.39, 0.29) is 6.04 Å². The Morgan fingerprint density at radius 3 is 2.43 bits per heavy atom. The van der Waals surface area contributed by atoms with Crippen LogP contribution >= 0.6 is 0 Å². The van der Waals surface area contributed by atoms with E-state index in [1.165, 1.54) is 0 Å². The van der Waals surface area contributed by atoms with E-state index in [1.54, 1.807) is 18.5 Å². The summed E-state index contributed by atoms with van der Waals surface area (Å²) in [7, 11) is 0. The van der Waals surface area contributed by atoms with Gasteiger partial charge in [0.1, 0.15) is 5.82 Å². The summed E-state index contributed by atoms with van der Waals surface area (Å²) in [6.07, 6.45) is 5.63. The molecular formula is C23H29N5O2. The largest absolute Gasteiger partial charge is 0.478 e. The summed E-state index contributed by atoms with van der Waals surface area (Å²) in [5.74, 6) is -0.184. The van der Waals surface area contributed by atoms with Gasteiger partial charge in [-0.2, -0.15) is 0 Å². The van der Waals surface area contributed by atoms with Crippen LogP contribution in [0, 0.1) is 13.8 Å². The van der Waals surface area contributed by atoms with Crippen LogP contribution < -0.4 is 0 Å². The maximum absolute atomic E-state index is 12.1. The maximum Gasteiger partial charge on any atom is 0.336 e. The fourth-order valence-corrected chi connectivity index (χ4v) is 4.52. The highest BCUT2D eigenvalue weighted by molar-refractivity contribution is 5.93. The molecule has 1 aliphatic heterocycles. The van der Waals surface area contributed by atoms with Gasteiger partial charge in [0.2, 0.25) is 0 Å². The number of fused-ring (bicyclic) bond motifs is 1. The van der Waals surface area contributed by atoms with Crippen molar-refractivity contribution in [2.45, 2.75) is 33.7 Å². The number of hydrogen-bond acceptors (Lipinski definition) is 5. The Morgan fingerprint density at radius 2 is 1.83 bits per heavy atom. The molecule has 4 heterocycles. The van der Waals surface area contributed by atoms with Gasteiger partial charge in [-0.3, -0.25) is 4.90 Å². The number of nitrogens with zero attached hydrogens (tertiary/aromatic N) is 5. The van der Waals surface area contributed by atoms with Crippen molar-refractivity contribution in [3.05, 3.63) is 53.4 Å². The number of rotatable bonds is 5. The SMILES string of the molecule is CCN1CCN(C(C)c2c(C)c(C(=O)O)cc3c(-c4cnc(C)nc4)ccn23)CC1. The van der Waals surface area contributed by atoms with Gasteiger partial charge in [-0.15, -0.1) is 0 Å². The Morgan fingerprint density at radius 1 is 1.17 bits per heavy atom. The standard InChI is InChI=1S/C23H29N5O2/c1-5-26-8-10-27(11-9-26)16(3)22-15(2)20(23(29)30)12-21-19(6-7-28(21)22)18-13-24-17(4)25-14-18/h6-7,12-14,16H,5,8-11H2,1-4H3,(H,29,30). The quantitative estimate of drug-likeness (QED) is 0.699. The number of pyridine rings is 1. The highest BCUT2D eigenvalue weighted by Gasteiger charge is 2.27. The molecule has 7 nitrogen and oxygen atoms in total. The van der Waals surface area contributed by atoms with Gasteiger partial charge in [0.25, 0.3) is 0 Å². The zero-order valence-electron chi connectivity index (χ0n) is 18.1. The van der Waals surface area contributed by atoms with Crippen molar-refractivity contribution in [1.29, 1.82) is 0 Å². The molecule has 0 bridgehead atoms. The normalized spacial score (nSPS) is 16.8. The Hall–Kier alpha value is -2.77. The summed E-state index contributed by atoms with van der Waals surface area (Å²) < 4.78 is 2.15. The first-order chi connectivity index (χ1) is 14.4. The topological polar surface area (TPSA) is 74.0 Å². The summed E-state index contributed by atoms with van der Waals surface area (Å²) in [6.45, 7) is 13.3. The van der Waals surface area contributed by atoms with Crippen LogP contribution in [0.2, 0.25) is 0 Å². The van der Waals surface area contributed by atoms with Crippen molar-refractivity contribution >= 4 is 11.5 Å². The van der Waals surface area contributed by atoms with Crippen LogP contribution in [0.15, 0.2) is 30.7 Å². The minimum Gasteiger partial charge on any atom is -0.478 e. The van der Waals surface area contributed by atoms with Crippen LogP contribution in [0.25, 0.3) is 16.6 Å². The molecule has 1 unspecified atom stereocenters. The molecule has 3 aromatic heterocycles. The Balaban J connectivity index is 1.83. The number of aromatic nitrogens is 3. The highest BCUT2D eigenvalue weighted by Crippen LogP contribution is 2.33. The fourth-order valence-electron chi connectivity index (χ4n) is 4.52. The molecule has 1 fully saturated rings. The van der Waals surface area contributed by atoms with Gasteiger partial charge in [-0.1, -0.05) is 6.92 Å². The molecule has 158 valence electrons. The minimum absolute atomic E-state index is 0.111. The van der Waals surface area contributed by atoms with Crippen molar-refractivity contribution in [3.63, 3.8) is 0 Å². The third-order valence-corrected chi connectivity index (χ3v) is 6.37. The predicted molar refractivity (Wildman–Crippen MR) is 117 cm³/mol. The van der Waals surface area contributed by atoms with Gasteiger partial charge in [0.05, 0.1) is 11.1 Å². The van der Waals surface area contributed by atoms with Gasteiger partial charge in [0.15, 0.2) is 0 Å². The molecule has 0 radical (unpaired) electrons. The molecule has 1 atom stereocenters. The molecule has 1 saturated heterocycles. The summed E-state index contributed by atoms with van der Waals surface area (Å²) in [5, 5.41) is 9.89. The summed E-state index contributed by atoms with van der Waals surface area (Å²) in [5.41, 5.74) is 4.92. The van der Waals surface area contributed by atoms with Gasteiger partial charge in [0, 0.05) is 67.6 Å². The number of carbonyl (C=O) groups is 1. The van der Waals surface area contributed by atoms with Crippen molar-refractivity contribution in [2.75, 3.05) is 32.7 Å².